The molecule has 1 fully saturated rings. The first-order valence-corrected chi connectivity index (χ1v) is 6.92. The summed E-state index contributed by atoms with van der Waals surface area (Å²) in [6, 6.07) is 3.30. The molecule has 110 valence electrons. The molecule has 1 aromatic carbocycles. The molecule has 1 N–H and O–H groups in total. The van der Waals surface area contributed by atoms with Crippen molar-refractivity contribution in [3.63, 3.8) is 0 Å². The van der Waals surface area contributed by atoms with E-state index in [1.807, 2.05) is 0 Å². The zero-order valence-electron chi connectivity index (χ0n) is 10.5. The third kappa shape index (κ3) is 3.73. The van der Waals surface area contributed by atoms with Gasteiger partial charge < -0.3 is 10.1 Å². The van der Waals surface area contributed by atoms with Gasteiger partial charge in [0, 0.05) is 16.6 Å². The first-order valence-electron chi connectivity index (χ1n) is 6.13. The predicted molar refractivity (Wildman–Crippen MR) is 70.5 cm³/mol. The van der Waals surface area contributed by atoms with Gasteiger partial charge in [-0.2, -0.15) is 13.2 Å². The fourth-order valence-electron chi connectivity index (χ4n) is 2.01. The summed E-state index contributed by atoms with van der Waals surface area (Å²) in [4.78, 5) is 12.0. The minimum atomic E-state index is -4.50. The van der Waals surface area contributed by atoms with Gasteiger partial charge in [0.05, 0.1) is 18.2 Å². The van der Waals surface area contributed by atoms with E-state index < -0.39 is 17.6 Å². The minimum absolute atomic E-state index is 0.00824. The van der Waals surface area contributed by atoms with E-state index in [0.29, 0.717) is 13.2 Å². The molecule has 0 aliphatic carbocycles. The monoisotopic (exact) mass is 351 g/mol. The standard InChI is InChI=1S/C13H13BrF3NO2/c14-11-4-3-8(6-10(11)13(15,16)17)12(19)18-9-2-1-5-20-7-9/h3-4,6,9H,1-2,5,7H2,(H,18,19). The van der Waals surface area contributed by atoms with Crippen molar-refractivity contribution >= 4 is 21.8 Å². The first-order chi connectivity index (χ1) is 9.38. The lowest BCUT2D eigenvalue weighted by Gasteiger charge is -2.23. The first kappa shape index (κ1) is 15.3. The summed E-state index contributed by atoms with van der Waals surface area (Å²) in [5.41, 5.74) is -0.865. The lowest BCUT2D eigenvalue weighted by atomic mass is 10.1. The molecule has 0 radical (unpaired) electrons. The van der Waals surface area contributed by atoms with Crippen LogP contribution in [0.5, 0.6) is 0 Å². The highest BCUT2D eigenvalue weighted by molar-refractivity contribution is 9.10. The Morgan fingerprint density at radius 2 is 2.15 bits per heavy atom. The van der Waals surface area contributed by atoms with Gasteiger partial charge in [-0.25, -0.2) is 0 Å². The number of nitrogens with one attached hydrogen (secondary N) is 1. The fourth-order valence-corrected chi connectivity index (χ4v) is 2.48. The molecule has 2 rings (SSSR count). The van der Waals surface area contributed by atoms with Crippen molar-refractivity contribution in [1.82, 2.24) is 5.32 Å². The van der Waals surface area contributed by atoms with Crippen molar-refractivity contribution in [3.05, 3.63) is 33.8 Å². The molecule has 1 aliphatic heterocycles. The van der Waals surface area contributed by atoms with Crippen molar-refractivity contribution in [2.24, 2.45) is 0 Å². The molecule has 0 aromatic heterocycles. The normalized spacial score (nSPS) is 19.7. The van der Waals surface area contributed by atoms with Crippen LogP contribution in [0.2, 0.25) is 0 Å². The molecule has 1 aliphatic rings. The number of rotatable bonds is 2. The Morgan fingerprint density at radius 1 is 1.40 bits per heavy atom. The van der Waals surface area contributed by atoms with Crippen molar-refractivity contribution in [2.75, 3.05) is 13.2 Å². The molecular weight excluding hydrogens is 339 g/mol. The number of amides is 1. The average Bonchev–Trinajstić information content (AvgIpc) is 2.39. The van der Waals surface area contributed by atoms with Crippen LogP contribution in [0.1, 0.15) is 28.8 Å². The van der Waals surface area contributed by atoms with Crippen LogP contribution in [-0.4, -0.2) is 25.2 Å². The van der Waals surface area contributed by atoms with Gasteiger partial charge in [-0.15, -0.1) is 0 Å². The molecule has 0 spiro atoms. The highest BCUT2D eigenvalue weighted by atomic mass is 79.9. The van der Waals surface area contributed by atoms with Crippen molar-refractivity contribution in [3.8, 4) is 0 Å². The van der Waals surface area contributed by atoms with Crippen LogP contribution >= 0.6 is 15.9 Å². The van der Waals surface area contributed by atoms with Crippen LogP contribution in [0.3, 0.4) is 0 Å². The molecule has 1 aromatic rings. The van der Waals surface area contributed by atoms with Crippen LogP contribution in [0.25, 0.3) is 0 Å². The molecule has 1 amide bonds. The van der Waals surface area contributed by atoms with E-state index in [4.69, 9.17) is 4.74 Å². The molecule has 7 heteroatoms. The van der Waals surface area contributed by atoms with Crippen LogP contribution in [-0.2, 0) is 10.9 Å². The second-order valence-electron chi connectivity index (χ2n) is 4.58. The van der Waals surface area contributed by atoms with E-state index >= 15 is 0 Å². The molecule has 20 heavy (non-hydrogen) atoms. The van der Waals surface area contributed by atoms with Gasteiger partial charge in [0.25, 0.3) is 5.91 Å². The van der Waals surface area contributed by atoms with Crippen LogP contribution < -0.4 is 5.32 Å². The number of hydrogen-bond donors (Lipinski definition) is 1. The number of benzene rings is 1. The Bertz CT molecular complexity index is 499. The van der Waals surface area contributed by atoms with Crippen molar-refractivity contribution in [1.29, 1.82) is 0 Å². The summed E-state index contributed by atoms with van der Waals surface area (Å²) in [6.45, 7) is 1.05. The maximum atomic E-state index is 12.8. The number of carbonyl (C=O) groups excluding carboxylic acids is 1. The molecule has 1 heterocycles. The Morgan fingerprint density at radius 3 is 2.75 bits per heavy atom. The van der Waals surface area contributed by atoms with E-state index in [9.17, 15) is 18.0 Å². The van der Waals surface area contributed by atoms with E-state index in [1.165, 1.54) is 12.1 Å². The molecule has 1 unspecified atom stereocenters. The largest absolute Gasteiger partial charge is 0.417 e. The fraction of sp³-hybridized carbons (Fsp3) is 0.462. The molecule has 0 saturated carbocycles. The van der Waals surface area contributed by atoms with E-state index in [-0.39, 0.29) is 16.1 Å². The van der Waals surface area contributed by atoms with E-state index in [0.717, 1.165) is 18.9 Å². The van der Waals surface area contributed by atoms with Gasteiger partial charge in [-0.1, -0.05) is 15.9 Å². The SMILES string of the molecule is O=C(NC1CCCOC1)c1ccc(Br)c(C(F)(F)F)c1. The zero-order chi connectivity index (χ0) is 14.8. The lowest BCUT2D eigenvalue weighted by Crippen LogP contribution is -2.40. The number of hydrogen-bond acceptors (Lipinski definition) is 2. The van der Waals surface area contributed by atoms with Gasteiger partial charge in [0.15, 0.2) is 0 Å². The van der Waals surface area contributed by atoms with Gasteiger partial charge in [0.2, 0.25) is 0 Å². The van der Waals surface area contributed by atoms with Gasteiger partial charge in [-0.05, 0) is 31.0 Å². The highest BCUT2D eigenvalue weighted by Crippen LogP contribution is 2.35. The maximum absolute atomic E-state index is 12.8. The number of alkyl halides is 3. The third-order valence-corrected chi connectivity index (χ3v) is 3.72. The Hall–Kier alpha value is -1.08. The van der Waals surface area contributed by atoms with Crippen LogP contribution in [0.15, 0.2) is 22.7 Å². The lowest BCUT2D eigenvalue weighted by molar-refractivity contribution is -0.138. The average molecular weight is 352 g/mol. The number of ether oxygens (including phenoxy) is 1. The van der Waals surface area contributed by atoms with Gasteiger partial charge in [0.1, 0.15) is 0 Å². The quantitative estimate of drug-likeness (QED) is 0.886. The van der Waals surface area contributed by atoms with Crippen molar-refractivity contribution in [2.45, 2.75) is 25.1 Å². The topological polar surface area (TPSA) is 38.3 Å². The third-order valence-electron chi connectivity index (χ3n) is 3.03. The Balaban J connectivity index is 2.13. The summed E-state index contributed by atoms with van der Waals surface area (Å²) in [6.07, 6.45) is -2.89. The number of carbonyl (C=O) groups is 1. The predicted octanol–water partition coefficient (Wildman–Crippen LogP) is 3.38. The zero-order valence-corrected chi connectivity index (χ0v) is 12.1. The minimum Gasteiger partial charge on any atom is -0.379 e. The van der Waals surface area contributed by atoms with Gasteiger partial charge in [-0.3, -0.25) is 4.79 Å². The Labute approximate surface area is 122 Å². The molecule has 1 saturated heterocycles. The summed E-state index contributed by atoms with van der Waals surface area (Å²) in [5.74, 6) is -0.515. The molecular formula is C13H13BrF3NO2. The van der Waals surface area contributed by atoms with Crippen LogP contribution in [0.4, 0.5) is 13.2 Å². The summed E-state index contributed by atoms with van der Waals surface area (Å²) >= 11 is 2.84. The molecule has 0 bridgehead atoms. The second-order valence-corrected chi connectivity index (χ2v) is 5.43. The highest BCUT2D eigenvalue weighted by Gasteiger charge is 2.33. The van der Waals surface area contributed by atoms with Gasteiger partial charge >= 0.3 is 6.18 Å². The van der Waals surface area contributed by atoms with E-state index in [1.54, 1.807) is 0 Å². The Kier molecular flexibility index (Phi) is 4.70. The number of halogens is 4. The smallest absolute Gasteiger partial charge is 0.379 e. The summed E-state index contributed by atoms with van der Waals surface area (Å²) in [5, 5.41) is 2.69. The molecule has 3 nitrogen and oxygen atoms in total. The molecule has 1 atom stereocenters. The summed E-state index contributed by atoms with van der Waals surface area (Å²) < 4.78 is 43.4. The van der Waals surface area contributed by atoms with Crippen LogP contribution in [0, 0.1) is 0 Å². The van der Waals surface area contributed by atoms with E-state index in [2.05, 4.69) is 21.2 Å². The maximum Gasteiger partial charge on any atom is 0.417 e. The van der Waals surface area contributed by atoms with Crippen molar-refractivity contribution < 1.29 is 22.7 Å². The summed E-state index contributed by atoms with van der Waals surface area (Å²) in [7, 11) is 0. The second kappa shape index (κ2) is 6.13.